The van der Waals surface area contributed by atoms with Crippen LogP contribution in [0.2, 0.25) is 0 Å². The number of nitrogens with zero attached hydrogens (tertiary/aromatic N) is 1. The van der Waals surface area contributed by atoms with E-state index in [2.05, 4.69) is 79.1 Å². The number of hydrogen-bond acceptors (Lipinski definition) is 2. The summed E-state index contributed by atoms with van der Waals surface area (Å²) in [6, 6.07) is 19.3. The van der Waals surface area contributed by atoms with Crippen molar-refractivity contribution in [3.63, 3.8) is 0 Å². The van der Waals surface area contributed by atoms with Gasteiger partial charge in [-0.25, -0.2) is 4.99 Å². The summed E-state index contributed by atoms with van der Waals surface area (Å²) in [7, 11) is 0. The molecule has 4 nitrogen and oxygen atoms in total. The molecule has 1 aliphatic rings. The van der Waals surface area contributed by atoms with Gasteiger partial charge < -0.3 is 15.4 Å². The molecule has 0 bridgehead atoms. The Morgan fingerprint density at radius 3 is 2.46 bits per heavy atom. The number of guanidine groups is 1. The predicted octanol–water partition coefficient (Wildman–Crippen LogP) is 4.42. The minimum absolute atomic E-state index is 0. The fourth-order valence-electron chi connectivity index (χ4n) is 3.70. The minimum Gasteiger partial charge on any atom is -0.381 e. The van der Waals surface area contributed by atoms with Crippen LogP contribution in [0.25, 0.3) is 0 Å². The molecular formula is C23H32IN3O. The zero-order valence-corrected chi connectivity index (χ0v) is 19.2. The van der Waals surface area contributed by atoms with E-state index < -0.39 is 0 Å². The van der Waals surface area contributed by atoms with Crippen LogP contribution in [0, 0.1) is 6.92 Å². The molecule has 1 saturated heterocycles. The number of benzene rings is 2. The number of ether oxygens (including phenoxy) is 1. The molecule has 28 heavy (non-hydrogen) atoms. The van der Waals surface area contributed by atoms with E-state index in [-0.39, 0.29) is 29.4 Å². The number of aliphatic imine (C=N–C) groups is 1. The Kier molecular flexibility index (Phi) is 9.25. The average molecular weight is 493 g/mol. The van der Waals surface area contributed by atoms with E-state index in [0.717, 1.165) is 45.1 Å². The summed E-state index contributed by atoms with van der Waals surface area (Å²) in [5.41, 5.74) is 3.98. The smallest absolute Gasteiger partial charge is 0.191 e. The van der Waals surface area contributed by atoms with Crippen molar-refractivity contribution in [3.8, 4) is 0 Å². The highest BCUT2D eigenvalue weighted by molar-refractivity contribution is 14.0. The SMILES string of the molecule is CCNC(=NCc1cccc(C)c1)NCC1(c2ccccc2)CCOCC1.I. The van der Waals surface area contributed by atoms with E-state index in [0.29, 0.717) is 6.54 Å². The highest BCUT2D eigenvalue weighted by Crippen LogP contribution is 2.34. The molecule has 0 unspecified atom stereocenters. The number of rotatable bonds is 6. The first-order chi connectivity index (χ1) is 13.2. The molecule has 2 aromatic carbocycles. The molecule has 0 spiro atoms. The Morgan fingerprint density at radius 2 is 1.79 bits per heavy atom. The Hall–Kier alpha value is -1.60. The lowest BCUT2D eigenvalue weighted by atomic mass is 9.74. The maximum Gasteiger partial charge on any atom is 0.191 e. The van der Waals surface area contributed by atoms with Gasteiger partial charge in [0.2, 0.25) is 0 Å². The second kappa shape index (κ2) is 11.4. The Labute approximate surface area is 186 Å². The van der Waals surface area contributed by atoms with E-state index in [1.54, 1.807) is 0 Å². The molecule has 2 N–H and O–H groups in total. The third kappa shape index (κ3) is 6.21. The zero-order chi connectivity index (χ0) is 19.0. The van der Waals surface area contributed by atoms with E-state index in [1.807, 2.05) is 0 Å². The summed E-state index contributed by atoms with van der Waals surface area (Å²) in [5.74, 6) is 0.876. The van der Waals surface area contributed by atoms with E-state index >= 15 is 0 Å². The number of hydrogen-bond donors (Lipinski definition) is 2. The lowest BCUT2D eigenvalue weighted by Crippen LogP contribution is -2.48. The molecule has 1 aliphatic heterocycles. The normalized spacial score (nSPS) is 16.1. The molecule has 0 saturated carbocycles. The van der Waals surface area contributed by atoms with Gasteiger partial charge in [0.1, 0.15) is 0 Å². The van der Waals surface area contributed by atoms with Crippen LogP contribution in [-0.2, 0) is 16.7 Å². The molecule has 1 heterocycles. The first-order valence-electron chi connectivity index (χ1n) is 9.93. The topological polar surface area (TPSA) is 45.7 Å². The van der Waals surface area contributed by atoms with Gasteiger partial charge in [-0.3, -0.25) is 0 Å². The van der Waals surface area contributed by atoms with Crippen LogP contribution in [-0.4, -0.2) is 32.3 Å². The van der Waals surface area contributed by atoms with Gasteiger partial charge in [0, 0.05) is 31.7 Å². The molecule has 0 aliphatic carbocycles. The van der Waals surface area contributed by atoms with Gasteiger partial charge in [0.25, 0.3) is 0 Å². The molecule has 152 valence electrons. The van der Waals surface area contributed by atoms with Gasteiger partial charge in [-0.05, 0) is 37.8 Å². The van der Waals surface area contributed by atoms with Gasteiger partial charge in [-0.2, -0.15) is 0 Å². The summed E-state index contributed by atoms with van der Waals surface area (Å²) in [6.07, 6.45) is 2.06. The Morgan fingerprint density at radius 1 is 1.04 bits per heavy atom. The molecule has 0 radical (unpaired) electrons. The molecule has 2 aromatic rings. The highest BCUT2D eigenvalue weighted by atomic mass is 127. The van der Waals surface area contributed by atoms with Gasteiger partial charge in [0.15, 0.2) is 5.96 Å². The van der Waals surface area contributed by atoms with Crippen LogP contribution in [0.4, 0.5) is 0 Å². The second-order valence-corrected chi connectivity index (χ2v) is 7.30. The fraction of sp³-hybridized carbons (Fsp3) is 0.435. The quantitative estimate of drug-likeness (QED) is 0.356. The van der Waals surface area contributed by atoms with Gasteiger partial charge in [0.05, 0.1) is 6.54 Å². The van der Waals surface area contributed by atoms with Crippen LogP contribution < -0.4 is 10.6 Å². The lowest BCUT2D eigenvalue weighted by Gasteiger charge is -2.38. The van der Waals surface area contributed by atoms with Crippen molar-refractivity contribution < 1.29 is 4.74 Å². The maximum atomic E-state index is 5.64. The Bertz CT molecular complexity index is 743. The monoisotopic (exact) mass is 493 g/mol. The van der Waals surface area contributed by atoms with Crippen LogP contribution in [0.1, 0.15) is 36.5 Å². The van der Waals surface area contributed by atoms with Crippen molar-refractivity contribution in [1.82, 2.24) is 10.6 Å². The van der Waals surface area contributed by atoms with Gasteiger partial charge in [-0.15, -0.1) is 24.0 Å². The standard InChI is InChI=1S/C23H31N3O.HI/c1-3-24-22(25-17-20-9-7-8-19(2)16-20)26-18-23(12-14-27-15-13-23)21-10-5-4-6-11-21;/h4-11,16H,3,12-15,17-18H2,1-2H3,(H2,24,25,26);1H. The summed E-state index contributed by atoms with van der Waals surface area (Å²) in [6.45, 7) is 8.23. The van der Waals surface area contributed by atoms with Crippen LogP contribution in [0.15, 0.2) is 59.6 Å². The molecule has 0 amide bonds. The zero-order valence-electron chi connectivity index (χ0n) is 16.9. The van der Waals surface area contributed by atoms with Crippen LogP contribution in [0.3, 0.4) is 0 Å². The summed E-state index contributed by atoms with van der Waals surface area (Å²) in [4.78, 5) is 4.80. The lowest BCUT2D eigenvalue weighted by molar-refractivity contribution is 0.0514. The largest absolute Gasteiger partial charge is 0.381 e. The molecule has 3 rings (SSSR count). The minimum atomic E-state index is 0. The maximum absolute atomic E-state index is 5.64. The second-order valence-electron chi connectivity index (χ2n) is 7.30. The van der Waals surface area contributed by atoms with Crippen molar-refractivity contribution >= 4 is 29.9 Å². The van der Waals surface area contributed by atoms with E-state index in [1.165, 1.54) is 16.7 Å². The van der Waals surface area contributed by atoms with Crippen molar-refractivity contribution in [2.24, 2.45) is 4.99 Å². The van der Waals surface area contributed by atoms with E-state index in [4.69, 9.17) is 9.73 Å². The Balaban J connectivity index is 0.00000280. The van der Waals surface area contributed by atoms with Gasteiger partial charge >= 0.3 is 0 Å². The number of halogens is 1. The summed E-state index contributed by atoms with van der Waals surface area (Å²) >= 11 is 0. The molecule has 1 fully saturated rings. The summed E-state index contributed by atoms with van der Waals surface area (Å²) < 4.78 is 5.64. The van der Waals surface area contributed by atoms with Crippen LogP contribution >= 0.6 is 24.0 Å². The van der Waals surface area contributed by atoms with Crippen molar-refractivity contribution in [3.05, 3.63) is 71.3 Å². The molecule has 0 aromatic heterocycles. The van der Waals surface area contributed by atoms with E-state index in [9.17, 15) is 0 Å². The third-order valence-corrected chi connectivity index (χ3v) is 5.28. The highest BCUT2D eigenvalue weighted by Gasteiger charge is 2.34. The van der Waals surface area contributed by atoms with Gasteiger partial charge in [-0.1, -0.05) is 60.2 Å². The van der Waals surface area contributed by atoms with Crippen molar-refractivity contribution in [2.75, 3.05) is 26.3 Å². The number of nitrogens with one attached hydrogen (secondary N) is 2. The first kappa shape index (κ1) is 22.7. The molecule has 0 atom stereocenters. The third-order valence-electron chi connectivity index (χ3n) is 5.28. The fourth-order valence-corrected chi connectivity index (χ4v) is 3.70. The predicted molar refractivity (Wildman–Crippen MR) is 128 cm³/mol. The molecule has 5 heteroatoms. The summed E-state index contributed by atoms with van der Waals surface area (Å²) in [5, 5.41) is 6.98. The van der Waals surface area contributed by atoms with Crippen molar-refractivity contribution in [2.45, 2.75) is 38.6 Å². The average Bonchev–Trinajstić information content (AvgIpc) is 2.71. The van der Waals surface area contributed by atoms with Crippen LogP contribution in [0.5, 0.6) is 0 Å². The molecular weight excluding hydrogens is 461 g/mol. The van der Waals surface area contributed by atoms with Crippen molar-refractivity contribution in [1.29, 1.82) is 0 Å². The number of aryl methyl sites for hydroxylation is 1. The first-order valence-corrected chi connectivity index (χ1v) is 9.93.